The number of nitro benzene ring substituents is 1. The fourth-order valence-electron chi connectivity index (χ4n) is 2.51. The lowest BCUT2D eigenvalue weighted by molar-refractivity contribution is -0.384. The second-order valence-electron chi connectivity index (χ2n) is 5.60. The smallest absolute Gasteiger partial charge is 0.258 e. The van der Waals surface area contributed by atoms with Gasteiger partial charge in [0, 0.05) is 18.2 Å². The third kappa shape index (κ3) is 3.57. The van der Waals surface area contributed by atoms with Gasteiger partial charge >= 0.3 is 0 Å². The minimum absolute atomic E-state index is 0.0321. The van der Waals surface area contributed by atoms with Gasteiger partial charge in [-0.3, -0.25) is 10.1 Å². The molecule has 0 heterocycles. The average Bonchev–Trinajstić information content (AvgIpc) is 3.38. The van der Waals surface area contributed by atoms with Crippen LogP contribution in [-0.2, 0) is 10.0 Å². The number of benzene rings is 2. The van der Waals surface area contributed by atoms with Crippen LogP contribution in [0.3, 0.4) is 0 Å². The number of hydrogen-bond acceptors (Lipinski definition) is 4. The first-order chi connectivity index (χ1) is 11.0. The third-order valence-corrected chi connectivity index (χ3v) is 5.35. The first kappa shape index (κ1) is 15.6. The summed E-state index contributed by atoms with van der Waals surface area (Å²) in [6.07, 6.45) is 1.98. The first-order valence-electron chi connectivity index (χ1n) is 7.29. The van der Waals surface area contributed by atoms with Gasteiger partial charge < -0.3 is 0 Å². The molecule has 2 aromatic rings. The molecule has 0 aliphatic heterocycles. The minimum Gasteiger partial charge on any atom is -0.258 e. The van der Waals surface area contributed by atoms with E-state index < -0.39 is 14.9 Å². The first-order valence-corrected chi connectivity index (χ1v) is 8.77. The quantitative estimate of drug-likeness (QED) is 0.650. The van der Waals surface area contributed by atoms with Crippen molar-refractivity contribution in [2.75, 3.05) is 0 Å². The third-order valence-electron chi connectivity index (χ3n) is 3.89. The van der Waals surface area contributed by atoms with E-state index in [1.54, 1.807) is 0 Å². The van der Waals surface area contributed by atoms with Crippen LogP contribution in [0.25, 0.3) is 0 Å². The molecule has 120 valence electrons. The summed E-state index contributed by atoms with van der Waals surface area (Å²) >= 11 is 0. The molecule has 0 saturated heterocycles. The number of sulfonamides is 1. The molecule has 6 nitrogen and oxygen atoms in total. The summed E-state index contributed by atoms with van der Waals surface area (Å²) in [5.74, 6) is 0.297. The number of nitrogens with one attached hydrogen (secondary N) is 1. The van der Waals surface area contributed by atoms with E-state index in [0.717, 1.165) is 18.4 Å². The number of hydrogen-bond donors (Lipinski definition) is 1. The van der Waals surface area contributed by atoms with Crippen LogP contribution in [0.1, 0.15) is 24.4 Å². The van der Waals surface area contributed by atoms with Gasteiger partial charge in [-0.15, -0.1) is 0 Å². The van der Waals surface area contributed by atoms with Crippen molar-refractivity contribution in [2.24, 2.45) is 5.92 Å². The Morgan fingerprint density at radius 2 is 1.65 bits per heavy atom. The molecule has 0 amide bonds. The molecular weight excluding hydrogens is 316 g/mol. The highest BCUT2D eigenvalue weighted by atomic mass is 32.2. The summed E-state index contributed by atoms with van der Waals surface area (Å²) in [6.45, 7) is 0. The van der Waals surface area contributed by atoms with Crippen LogP contribution in [0.4, 0.5) is 5.69 Å². The highest BCUT2D eigenvalue weighted by Crippen LogP contribution is 2.41. The van der Waals surface area contributed by atoms with E-state index in [4.69, 9.17) is 0 Å². The summed E-state index contributed by atoms with van der Waals surface area (Å²) in [4.78, 5) is 10.1. The zero-order valence-corrected chi connectivity index (χ0v) is 13.1. The van der Waals surface area contributed by atoms with E-state index in [2.05, 4.69) is 4.72 Å². The van der Waals surface area contributed by atoms with Crippen LogP contribution in [0.2, 0.25) is 0 Å². The monoisotopic (exact) mass is 332 g/mol. The molecule has 0 radical (unpaired) electrons. The maximum absolute atomic E-state index is 12.5. The van der Waals surface area contributed by atoms with Gasteiger partial charge in [-0.1, -0.05) is 30.3 Å². The highest BCUT2D eigenvalue weighted by Gasteiger charge is 2.35. The van der Waals surface area contributed by atoms with Gasteiger partial charge in [-0.25, -0.2) is 13.1 Å². The standard InChI is InChI=1S/C16H16N2O4S/c19-18(20)14-8-10-15(11-9-14)23(21,22)17-16(13-6-7-13)12-4-2-1-3-5-12/h1-5,8-11,13,16-17H,6-7H2/t16-/m1/s1. The Labute approximate surface area is 134 Å². The van der Waals surface area contributed by atoms with Crippen molar-refractivity contribution < 1.29 is 13.3 Å². The second-order valence-corrected chi connectivity index (χ2v) is 7.31. The summed E-state index contributed by atoms with van der Waals surface area (Å²) < 4.78 is 27.8. The van der Waals surface area contributed by atoms with Crippen LogP contribution < -0.4 is 4.72 Å². The maximum Gasteiger partial charge on any atom is 0.269 e. The van der Waals surface area contributed by atoms with Gasteiger partial charge in [0.15, 0.2) is 0 Å². The minimum atomic E-state index is -3.73. The molecular formula is C16H16N2O4S. The van der Waals surface area contributed by atoms with Crippen molar-refractivity contribution in [1.29, 1.82) is 0 Å². The molecule has 3 rings (SSSR count). The predicted molar refractivity (Wildman–Crippen MR) is 85.3 cm³/mol. The predicted octanol–water partition coefficient (Wildman–Crippen LogP) is 3.02. The molecule has 1 aliphatic carbocycles. The molecule has 0 unspecified atom stereocenters. The Bertz CT molecular complexity index is 800. The zero-order valence-electron chi connectivity index (χ0n) is 12.3. The zero-order chi connectivity index (χ0) is 16.4. The number of nitro groups is 1. The van der Waals surface area contributed by atoms with Crippen LogP contribution in [0, 0.1) is 16.0 Å². The Morgan fingerprint density at radius 3 is 2.17 bits per heavy atom. The van der Waals surface area contributed by atoms with E-state index in [1.807, 2.05) is 30.3 Å². The summed E-state index contributed by atoms with van der Waals surface area (Å²) in [6, 6.07) is 14.1. The fourth-order valence-corrected chi connectivity index (χ4v) is 3.80. The number of nitrogens with zero attached hydrogens (tertiary/aromatic N) is 1. The van der Waals surface area contributed by atoms with E-state index >= 15 is 0 Å². The van der Waals surface area contributed by atoms with Gasteiger partial charge in [-0.05, 0) is 36.5 Å². The van der Waals surface area contributed by atoms with E-state index in [-0.39, 0.29) is 16.6 Å². The molecule has 2 aromatic carbocycles. The van der Waals surface area contributed by atoms with Gasteiger partial charge in [-0.2, -0.15) is 0 Å². The van der Waals surface area contributed by atoms with Crippen molar-refractivity contribution in [2.45, 2.75) is 23.8 Å². The van der Waals surface area contributed by atoms with Gasteiger partial charge in [0.25, 0.3) is 5.69 Å². The lowest BCUT2D eigenvalue weighted by Crippen LogP contribution is -2.30. The molecule has 23 heavy (non-hydrogen) atoms. The second kappa shape index (κ2) is 6.10. The van der Waals surface area contributed by atoms with E-state index in [0.29, 0.717) is 5.92 Å². The Kier molecular flexibility index (Phi) is 4.14. The van der Waals surface area contributed by atoms with Gasteiger partial charge in [0.05, 0.1) is 9.82 Å². The largest absolute Gasteiger partial charge is 0.269 e. The van der Waals surface area contributed by atoms with Gasteiger partial charge in [0.1, 0.15) is 0 Å². The van der Waals surface area contributed by atoms with E-state index in [9.17, 15) is 18.5 Å². The lowest BCUT2D eigenvalue weighted by Gasteiger charge is -2.18. The molecule has 1 aliphatic rings. The van der Waals surface area contributed by atoms with Crippen LogP contribution in [-0.4, -0.2) is 13.3 Å². The summed E-state index contributed by atoms with van der Waals surface area (Å²) in [7, 11) is -3.73. The van der Waals surface area contributed by atoms with Crippen molar-refractivity contribution >= 4 is 15.7 Å². The number of non-ortho nitro benzene ring substituents is 1. The molecule has 0 spiro atoms. The molecule has 0 bridgehead atoms. The van der Waals surface area contributed by atoms with Crippen molar-refractivity contribution in [1.82, 2.24) is 4.72 Å². The summed E-state index contributed by atoms with van der Waals surface area (Å²) in [5.41, 5.74) is 0.797. The molecule has 1 fully saturated rings. The van der Waals surface area contributed by atoms with Crippen LogP contribution >= 0.6 is 0 Å². The molecule has 1 N–H and O–H groups in total. The number of rotatable bonds is 6. The lowest BCUT2D eigenvalue weighted by atomic mass is 10.0. The maximum atomic E-state index is 12.5. The molecule has 7 heteroatoms. The van der Waals surface area contributed by atoms with Crippen LogP contribution in [0.15, 0.2) is 59.5 Å². The van der Waals surface area contributed by atoms with Crippen molar-refractivity contribution in [3.05, 3.63) is 70.3 Å². The molecule has 0 aromatic heterocycles. The fraction of sp³-hybridized carbons (Fsp3) is 0.250. The topological polar surface area (TPSA) is 89.3 Å². The Morgan fingerprint density at radius 1 is 1.04 bits per heavy atom. The van der Waals surface area contributed by atoms with Gasteiger partial charge in [0.2, 0.25) is 10.0 Å². The van der Waals surface area contributed by atoms with Crippen LogP contribution in [0.5, 0.6) is 0 Å². The summed E-state index contributed by atoms with van der Waals surface area (Å²) in [5, 5.41) is 10.7. The SMILES string of the molecule is O=[N+]([O-])c1ccc(S(=O)(=O)N[C@H](c2ccccc2)C2CC2)cc1. The van der Waals surface area contributed by atoms with Crippen molar-refractivity contribution in [3.63, 3.8) is 0 Å². The molecule has 1 atom stereocenters. The average molecular weight is 332 g/mol. The van der Waals surface area contributed by atoms with Crippen molar-refractivity contribution in [3.8, 4) is 0 Å². The van der Waals surface area contributed by atoms with E-state index in [1.165, 1.54) is 24.3 Å². The highest BCUT2D eigenvalue weighted by molar-refractivity contribution is 7.89. The molecule has 1 saturated carbocycles. The normalized spacial score (nSPS) is 16.0. The Hall–Kier alpha value is -2.25. The Balaban J connectivity index is 1.85.